The molecule has 0 spiro atoms. The normalized spacial score (nSPS) is 16.0. The molecule has 1 saturated heterocycles. The van der Waals surface area contributed by atoms with E-state index >= 15 is 0 Å². The van der Waals surface area contributed by atoms with Crippen LogP contribution in [-0.2, 0) is 9.59 Å². The largest absolute Gasteiger partial charge is 0.508 e. The first-order chi connectivity index (χ1) is 11.5. The van der Waals surface area contributed by atoms with Crippen LogP contribution < -0.4 is 5.32 Å². The summed E-state index contributed by atoms with van der Waals surface area (Å²) < 4.78 is 5.11. The summed E-state index contributed by atoms with van der Waals surface area (Å²) >= 11 is 0.749. The van der Waals surface area contributed by atoms with E-state index < -0.39 is 23.6 Å². The Bertz CT molecular complexity index is 829. The number of rotatable bonds is 4. The number of thioether (sulfide) groups is 1. The maximum Gasteiger partial charge on any atom is 0.294 e. The first-order valence-corrected chi connectivity index (χ1v) is 7.72. The minimum Gasteiger partial charge on any atom is -0.508 e. The number of carbonyl (C=O) groups is 3. The monoisotopic (exact) mass is 344 g/mol. The van der Waals surface area contributed by atoms with Gasteiger partial charge in [-0.15, -0.1) is 0 Å². The molecule has 7 nitrogen and oxygen atoms in total. The van der Waals surface area contributed by atoms with Gasteiger partial charge in [0.1, 0.15) is 18.1 Å². The number of furan rings is 1. The molecule has 0 saturated carbocycles. The Kier molecular flexibility index (Phi) is 4.39. The Morgan fingerprint density at radius 1 is 1.29 bits per heavy atom. The van der Waals surface area contributed by atoms with E-state index in [9.17, 15) is 19.5 Å². The van der Waals surface area contributed by atoms with Crippen LogP contribution in [0.5, 0.6) is 5.75 Å². The highest BCUT2D eigenvalue weighted by Crippen LogP contribution is 2.32. The third kappa shape index (κ3) is 3.49. The van der Waals surface area contributed by atoms with E-state index in [1.165, 1.54) is 24.5 Å². The Labute approximate surface area is 140 Å². The van der Waals surface area contributed by atoms with E-state index in [1.54, 1.807) is 24.3 Å². The van der Waals surface area contributed by atoms with Gasteiger partial charge in [-0.1, -0.05) is 6.07 Å². The third-order valence-corrected chi connectivity index (χ3v) is 4.03. The summed E-state index contributed by atoms with van der Waals surface area (Å²) in [5.41, 5.74) is 0.373. The maximum atomic E-state index is 12.2. The van der Waals surface area contributed by atoms with Crippen LogP contribution >= 0.6 is 11.8 Å². The summed E-state index contributed by atoms with van der Waals surface area (Å²) in [6.45, 7) is -0.407. The summed E-state index contributed by atoms with van der Waals surface area (Å²) in [4.78, 5) is 37.2. The van der Waals surface area contributed by atoms with Crippen LogP contribution in [0.15, 0.2) is 52.0 Å². The fourth-order valence-corrected chi connectivity index (χ4v) is 2.89. The van der Waals surface area contributed by atoms with Crippen LogP contribution in [0.2, 0.25) is 0 Å². The van der Waals surface area contributed by atoms with E-state index in [0.717, 1.165) is 16.7 Å². The zero-order valence-electron chi connectivity index (χ0n) is 12.3. The predicted molar refractivity (Wildman–Crippen MR) is 88.1 cm³/mol. The molecule has 1 aliphatic rings. The lowest BCUT2D eigenvalue weighted by Gasteiger charge is -2.12. The van der Waals surface area contributed by atoms with Crippen LogP contribution in [0.3, 0.4) is 0 Å². The van der Waals surface area contributed by atoms with Gasteiger partial charge in [-0.25, -0.2) is 0 Å². The number of phenolic OH excluding ortho intramolecular Hbond substituents is 1. The van der Waals surface area contributed by atoms with Crippen LogP contribution in [-0.4, -0.2) is 33.6 Å². The van der Waals surface area contributed by atoms with E-state index in [2.05, 4.69) is 5.32 Å². The number of carbonyl (C=O) groups excluding carboxylic acids is 3. The van der Waals surface area contributed by atoms with Gasteiger partial charge in [0.2, 0.25) is 5.91 Å². The highest BCUT2D eigenvalue weighted by Gasteiger charge is 2.36. The molecule has 0 atom stereocenters. The lowest BCUT2D eigenvalue weighted by Crippen LogP contribution is -2.36. The summed E-state index contributed by atoms with van der Waals surface area (Å²) in [5.74, 6) is -0.639. The molecule has 0 aliphatic carbocycles. The molecule has 8 heteroatoms. The summed E-state index contributed by atoms with van der Waals surface area (Å²) in [6.07, 6.45) is 2.91. The fraction of sp³-hybridized carbons (Fsp3) is 0.0625. The molecule has 3 rings (SSSR count). The van der Waals surface area contributed by atoms with Crippen LogP contribution in [0.1, 0.15) is 5.76 Å². The second-order valence-electron chi connectivity index (χ2n) is 4.88. The molecular weight excluding hydrogens is 332 g/mol. The molecule has 122 valence electrons. The molecule has 2 N–H and O–H groups in total. The Morgan fingerprint density at radius 2 is 2.12 bits per heavy atom. The standard InChI is InChI=1S/C16H12N2O5S/c19-11-4-1-3-10(7-11)17-14(20)9-18-15(21)13(24-16(18)22)8-12-5-2-6-23-12/h1-8,19H,9H2,(H,17,20). The lowest BCUT2D eigenvalue weighted by molar-refractivity contribution is -0.127. The number of hydrogen-bond acceptors (Lipinski definition) is 6. The molecule has 1 aliphatic heterocycles. The molecule has 0 bridgehead atoms. The number of anilines is 1. The van der Waals surface area contributed by atoms with Gasteiger partial charge in [0.05, 0.1) is 11.2 Å². The number of phenols is 1. The zero-order chi connectivity index (χ0) is 17.1. The Balaban J connectivity index is 1.67. The summed E-state index contributed by atoms with van der Waals surface area (Å²) in [5, 5.41) is 11.4. The van der Waals surface area contributed by atoms with Crippen molar-refractivity contribution >= 4 is 40.6 Å². The van der Waals surface area contributed by atoms with Gasteiger partial charge in [0.15, 0.2) is 0 Å². The van der Waals surface area contributed by atoms with Crippen LogP contribution in [0.4, 0.5) is 10.5 Å². The van der Waals surface area contributed by atoms with Crippen molar-refractivity contribution < 1.29 is 23.9 Å². The first-order valence-electron chi connectivity index (χ1n) is 6.91. The van der Waals surface area contributed by atoms with Gasteiger partial charge in [0.25, 0.3) is 11.1 Å². The maximum absolute atomic E-state index is 12.2. The van der Waals surface area contributed by atoms with Gasteiger partial charge >= 0.3 is 0 Å². The molecule has 24 heavy (non-hydrogen) atoms. The van der Waals surface area contributed by atoms with E-state index in [0.29, 0.717) is 11.4 Å². The molecule has 0 unspecified atom stereocenters. The van der Waals surface area contributed by atoms with Crippen molar-refractivity contribution in [2.24, 2.45) is 0 Å². The predicted octanol–water partition coefficient (Wildman–Crippen LogP) is 2.66. The molecule has 1 aromatic carbocycles. The molecule has 2 heterocycles. The summed E-state index contributed by atoms with van der Waals surface area (Å²) in [6, 6.07) is 9.30. The highest BCUT2D eigenvalue weighted by atomic mass is 32.2. The van der Waals surface area contributed by atoms with Crippen molar-refractivity contribution in [3.63, 3.8) is 0 Å². The molecule has 0 radical (unpaired) electrons. The van der Waals surface area contributed by atoms with Crippen molar-refractivity contribution in [1.29, 1.82) is 0 Å². The average molecular weight is 344 g/mol. The second kappa shape index (κ2) is 6.63. The molecule has 1 fully saturated rings. The van der Waals surface area contributed by atoms with Gasteiger partial charge in [-0.05, 0) is 36.0 Å². The van der Waals surface area contributed by atoms with Crippen molar-refractivity contribution in [3.05, 3.63) is 53.3 Å². The van der Waals surface area contributed by atoms with Gasteiger partial charge in [-0.2, -0.15) is 0 Å². The second-order valence-corrected chi connectivity index (χ2v) is 5.87. The zero-order valence-corrected chi connectivity index (χ0v) is 13.1. The number of aromatic hydroxyl groups is 1. The van der Waals surface area contributed by atoms with Gasteiger partial charge in [-0.3, -0.25) is 19.3 Å². The van der Waals surface area contributed by atoms with Crippen LogP contribution in [0, 0.1) is 0 Å². The minimum absolute atomic E-state index is 0.000322. The lowest BCUT2D eigenvalue weighted by atomic mass is 10.3. The van der Waals surface area contributed by atoms with E-state index in [4.69, 9.17) is 4.42 Å². The Hall–Kier alpha value is -3.00. The molecule has 3 amide bonds. The van der Waals surface area contributed by atoms with Crippen molar-refractivity contribution in [2.45, 2.75) is 0 Å². The highest BCUT2D eigenvalue weighted by molar-refractivity contribution is 8.18. The number of nitrogens with one attached hydrogen (secondary N) is 1. The van der Waals surface area contributed by atoms with Gasteiger partial charge < -0.3 is 14.8 Å². The van der Waals surface area contributed by atoms with Gasteiger partial charge in [0, 0.05) is 17.8 Å². The number of amides is 3. The number of benzene rings is 1. The molecular formula is C16H12N2O5S. The molecule has 2 aromatic rings. The van der Waals surface area contributed by atoms with Crippen molar-refractivity contribution in [3.8, 4) is 5.75 Å². The van der Waals surface area contributed by atoms with Crippen LogP contribution in [0.25, 0.3) is 6.08 Å². The smallest absolute Gasteiger partial charge is 0.294 e. The Morgan fingerprint density at radius 3 is 2.83 bits per heavy atom. The van der Waals surface area contributed by atoms with E-state index in [1.807, 2.05) is 0 Å². The number of nitrogens with zero attached hydrogens (tertiary/aromatic N) is 1. The molecule has 1 aromatic heterocycles. The number of imide groups is 1. The minimum atomic E-state index is -0.549. The topological polar surface area (TPSA) is 99.9 Å². The fourth-order valence-electron chi connectivity index (χ4n) is 2.07. The summed E-state index contributed by atoms with van der Waals surface area (Å²) in [7, 11) is 0. The third-order valence-electron chi connectivity index (χ3n) is 3.12. The van der Waals surface area contributed by atoms with Crippen molar-refractivity contribution in [2.75, 3.05) is 11.9 Å². The first kappa shape index (κ1) is 15.9. The number of hydrogen-bond donors (Lipinski definition) is 2. The average Bonchev–Trinajstić information content (AvgIpc) is 3.12. The SMILES string of the molecule is O=C(CN1C(=O)SC(=Cc2ccco2)C1=O)Nc1cccc(O)c1. The van der Waals surface area contributed by atoms with Crippen molar-refractivity contribution in [1.82, 2.24) is 4.90 Å². The van der Waals surface area contributed by atoms with E-state index in [-0.39, 0.29) is 10.7 Å². The quantitative estimate of drug-likeness (QED) is 0.827.